The van der Waals surface area contributed by atoms with Crippen molar-refractivity contribution in [2.24, 2.45) is 13.0 Å². The van der Waals surface area contributed by atoms with E-state index in [4.69, 9.17) is 5.73 Å². The van der Waals surface area contributed by atoms with E-state index >= 15 is 0 Å². The zero-order valence-electron chi connectivity index (χ0n) is 11.5. The molecule has 1 aromatic rings. The third-order valence-electron chi connectivity index (χ3n) is 3.85. The van der Waals surface area contributed by atoms with Crippen LogP contribution in [-0.4, -0.2) is 24.2 Å². The quantitative estimate of drug-likeness (QED) is 0.871. The summed E-state index contributed by atoms with van der Waals surface area (Å²) in [5.74, 6) is 0.472. The van der Waals surface area contributed by atoms with Gasteiger partial charge in [0, 0.05) is 19.3 Å². The van der Waals surface area contributed by atoms with Crippen molar-refractivity contribution in [2.75, 3.05) is 5.73 Å². The molecule has 0 saturated heterocycles. The van der Waals surface area contributed by atoms with Crippen LogP contribution in [-0.2, 0) is 17.1 Å². The van der Waals surface area contributed by atoms with Crippen LogP contribution in [0.1, 0.15) is 39.0 Å². The zero-order valence-corrected chi connectivity index (χ0v) is 12.3. The lowest BCUT2D eigenvalue weighted by atomic mass is 9.83. The van der Waals surface area contributed by atoms with Crippen molar-refractivity contribution < 1.29 is 8.42 Å². The lowest BCUT2D eigenvalue weighted by Crippen LogP contribution is -2.41. The maximum absolute atomic E-state index is 12.4. The molecule has 0 spiro atoms. The molecule has 19 heavy (non-hydrogen) atoms. The van der Waals surface area contributed by atoms with E-state index < -0.39 is 10.0 Å². The van der Waals surface area contributed by atoms with E-state index in [0.717, 1.165) is 25.7 Å². The molecule has 2 unspecified atom stereocenters. The molecule has 6 nitrogen and oxygen atoms in total. The molecule has 0 aliphatic heterocycles. The number of nitrogen functional groups attached to an aromatic ring is 1. The fourth-order valence-corrected chi connectivity index (χ4v) is 4.25. The first kappa shape index (κ1) is 14.3. The molecule has 1 fully saturated rings. The first-order valence-corrected chi connectivity index (χ1v) is 8.23. The summed E-state index contributed by atoms with van der Waals surface area (Å²) in [7, 11) is -1.91. The Morgan fingerprint density at radius 3 is 2.74 bits per heavy atom. The molecule has 2 atom stereocenters. The molecule has 0 radical (unpaired) electrons. The van der Waals surface area contributed by atoms with Gasteiger partial charge < -0.3 is 5.73 Å². The second-order valence-electron chi connectivity index (χ2n) is 5.23. The number of anilines is 1. The Kier molecular flexibility index (Phi) is 4.15. The van der Waals surface area contributed by atoms with Gasteiger partial charge in [0.15, 0.2) is 5.82 Å². The summed E-state index contributed by atoms with van der Waals surface area (Å²) in [5, 5.41) is 3.88. The lowest BCUT2D eigenvalue weighted by molar-refractivity contribution is 0.282. The second kappa shape index (κ2) is 5.50. The highest BCUT2D eigenvalue weighted by Crippen LogP contribution is 2.28. The number of nitrogens with one attached hydrogen (secondary N) is 1. The zero-order chi connectivity index (χ0) is 14.0. The summed E-state index contributed by atoms with van der Waals surface area (Å²) in [4.78, 5) is 0.0791. The number of aryl methyl sites for hydroxylation is 1. The SMILES string of the molecule is CCC1CCCCC1NS(=O)(=O)c1cn(C)nc1N. The van der Waals surface area contributed by atoms with Crippen molar-refractivity contribution in [3.63, 3.8) is 0 Å². The van der Waals surface area contributed by atoms with Crippen molar-refractivity contribution in [1.29, 1.82) is 0 Å². The Morgan fingerprint density at radius 2 is 2.16 bits per heavy atom. The molecule has 2 rings (SSSR count). The van der Waals surface area contributed by atoms with E-state index in [1.807, 2.05) is 0 Å². The first-order chi connectivity index (χ1) is 8.94. The van der Waals surface area contributed by atoms with Crippen LogP contribution >= 0.6 is 0 Å². The molecule has 1 aliphatic carbocycles. The van der Waals surface area contributed by atoms with Gasteiger partial charge in [0.1, 0.15) is 4.90 Å². The van der Waals surface area contributed by atoms with Crippen molar-refractivity contribution in [3.8, 4) is 0 Å². The summed E-state index contributed by atoms with van der Waals surface area (Å²) in [5.41, 5.74) is 5.65. The fourth-order valence-electron chi connectivity index (χ4n) is 2.81. The highest BCUT2D eigenvalue weighted by molar-refractivity contribution is 7.89. The molecule has 1 saturated carbocycles. The van der Waals surface area contributed by atoms with Gasteiger partial charge in [0.05, 0.1) is 0 Å². The normalized spacial score (nSPS) is 24.5. The smallest absolute Gasteiger partial charge is 0.246 e. The second-order valence-corrected chi connectivity index (χ2v) is 6.92. The van der Waals surface area contributed by atoms with Gasteiger partial charge in [-0.2, -0.15) is 5.10 Å². The molecule has 108 valence electrons. The predicted molar refractivity (Wildman–Crippen MR) is 74.0 cm³/mol. The van der Waals surface area contributed by atoms with Gasteiger partial charge in [-0.1, -0.05) is 26.2 Å². The Bertz CT molecular complexity index is 538. The largest absolute Gasteiger partial charge is 0.381 e. The van der Waals surface area contributed by atoms with Crippen LogP contribution in [0.15, 0.2) is 11.1 Å². The number of aromatic nitrogens is 2. The summed E-state index contributed by atoms with van der Waals surface area (Å²) in [6, 6.07) is 0.0170. The van der Waals surface area contributed by atoms with Crippen molar-refractivity contribution in [3.05, 3.63) is 6.20 Å². The highest BCUT2D eigenvalue weighted by atomic mass is 32.2. The summed E-state index contributed by atoms with van der Waals surface area (Å²) in [6.07, 6.45) is 6.69. The van der Waals surface area contributed by atoms with Gasteiger partial charge in [0.25, 0.3) is 0 Å². The molecule has 0 amide bonds. The monoisotopic (exact) mass is 286 g/mol. The number of hydrogen-bond acceptors (Lipinski definition) is 4. The molecule has 0 bridgehead atoms. The lowest BCUT2D eigenvalue weighted by Gasteiger charge is -2.31. The van der Waals surface area contributed by atoms with Gasteiger partial charge in [0.2, 0.25) is 10.0 Å². The number of nitrogens with two attached hydrogens (primary N) is 1. The Balaban J connectivity index is 2.19. The third-order valence-corrected chi connectivity index (χ3v) is 5.36. The van der Waals surface area contributed by atoms with Gasteiger partial charge in [-0.15, -0.1) is 0 Å². The number of nitrogens with zero attached hydrogens (tertiary/aromatic N) is 2. The molecular formula is C12H22N4O2S. The van der Waals surface area contributed by atoms with Crippen LogP contribution in [0, 0.1) is 5.92 Å². The van der Waals surface area contributed by atoms with Crippen molar-refractivity contribution in [2.45, 2.75) is 50.0 Å². The summed E-state index contributed by atoms with van der Waals surface area (Å²) < 4.78 is 28.9. The molecule has 7 heteroatoms. The van der Waals surface area contributed by atoms with Crippen LogP contribution in [0.25, 0.3) is 0 Å². The maximum atomic E-state index is 12.4. The molecule has 0 aromatic carbocycles. The Morgan fingerprint density at radius 1 is 1.47 bits per heavy atom. The Hall–Kier alpha value is -1.08. The summed E-state index contributed by atoms with van der Waals surface area (Å²) in [6.45, 7) is 2.11. The van der Waals surface area contributed by atoms with Gasteiger partial charge in [-0.05, 0) is 18.8 Å². The standard InChI is InChI=1S/C12H22N4O2S/c1-3-9-6-4-5-7-10(9)15-19(17,18)11-8-16(2)14-12(11)13/h8-10,15H,3-7H2,1-2H3,(H2,13,14). The molecule has 3 N–H and O–H groups in total. The third kappa shape index (κ3) is 3.09. The molecule has 1 aromatic heterocycles. The first-order valence-electron chi connectivity index (χ1n) is 6.75. The van der Waals surface area contributed by atoms with Crippen molar-refractivity contribution >= 4 is 15.8 Å². The predicted octanol–water partition coefficient (Wildman–Crippen LogP) is 1.25. The van der Waals surface area contributed by atoms with E-state index in [1.165, 1.54) is 17.3 Å². The van der Waals surface area contributed by atoms with E-state index in [-0.39, 0.29) is 16.8 Å². The minimum absolute atomic E-state index is 0.0170. The van der Waals surface area contributed by atoms with Crippen LogP contribution in [0.3, 0.4) is 0 Å². The fraction of sp³-hybridized carbons (Fsp3) is 0.750. The van der Waals surface area contributed by atoms with Gasteiger partial charge in [-0.3, -0.25) is 4.68 Å². The van der Waals surface area contributed by atoms with E-state index in [9.17, 15) is 8.42 Å². The van der Waals surface area contributed by atoms with Crippen LogP contribution in [0.2, 0.25) is 0 Å². The maximum Gasteiger partial charge on any atom is 0.246 e. The van der Waals surface area contributed by atoms with Gasteiger partial charge >= 0.3 is 0 Å². The van der Waals surface area contributed by atoms with E-state index in [2.05, 4.69) is 16.7 Å². The average Bonchev–Trinajstić information content (AvgIpc) is 2.69. The minimum atomic E-state index is -3.57. The number of rotatable bonds is 4. The van der Waals surface area contributed by atoms with Crippen LogP contribution in [0.4, 0.5) is 5.82 Å². The van der Waals surface area contributed by atoms with Gasteiger partial charge in [-0.25, -0.2) is 13.1 Å². The van der Waals surface area contributed by atoms with E-state index in [1.54, 1.807) is 7.05 Å². The van der Waals surface area contributed by atoms with Crippen molar-refractivity contribution in [1.82, 2.24) is 14.5 Å². The van der Waals surface area contributed by atoms with Crippen LogP contribution < -0.4 is 10.5 Å². The average molecular weight is 286 g/mol. The molecular weight excluding hydrogens is 264 g/mol. The van der Waals surface area contributed by atoms with Crippen LogP contribution in [0.5, 0.6) is 0 Å². The molecule has 1 heterocycles. The van der Waals surface area contributed by atoms with E-state index in [0.29, 0.717) is 5.92 Å². The number of sulfonamides is 1. The minimum Gasteiger partial charge on any atom is -0.381 e. The number of hydrogen-bond donors (Lipinski definition) is 2. The molecule has 1 aliphatic rings. The highest BCUT2D eigenvalue weighted by Gasteiger charge is 2.30. The topological polar surface area (TPSA) is 90.0 Å². The summed E-state index contributed by atoms with van der Waals surface area (Å²) >= 11 is 0. The Labute approximate surface area is 114 Å².